The van der Waals surface area contributed by atoms with Gasteiger partial charge >= 0.3 is 0 Å². The predicted molar refractivity (Wildman–Crippen MR) is 129 cm³/mol. The molecule has 2 N–H and O–H groups in total. The first-order valence-electron chi connectivity index (χ1n) is 10.2. The number of ether oxygens (including phenoxy) is 1. The Kier molecular flexibility index (Phi) is 6.55. The minimum absolute atomic E-state index is 0.168. The number of halogens is 1. The van der Waals surface area contributed by atoms with Crippen molar-refractivity contribution in [1.29, 1.82) is 10.8 Å². The summed E-state index contributed by atoms with van der Waals surface area (Å²) in [6.45, 7) is 2.12. The van der Waals surface area contributed by atoms with E-state index in [2.05, 4.69) is 0 Å². The summed E-state index contributed by atoms with van der Waals surface area (Å²) in [7, 11) is 0. The largest absolute Gasteiger partial charge is 0.428 e. The third kappa shape index (κ3) is 4.80. The fraction of sp³-hybridized carbons (Fsp3) is 0.120. The molecule has 33 heavy (non-hydrogen) atoms. The molecule has 6 nitrogen and oxygen atoms in total. The fourth-order valence-electron chi connectivity index (χ4n) is 3.60. The summed E-state index contributed by atoms with van der Waals surface area (Å²) >= 11 is 1.30. The number of aryl methyl sites for hydroxylation is 2. The summed E-state index contributed by atoms with van der Waals surface area (Å²) in [4.78, 5) is 19.1. The summed E-state index contributed by atoms with van der Waals surface area (Å²) in [5, 5.41) is 16.6. The molecule has 0 unspecified atom stereocenters. The van der Waals surface area contributed by atoms with Crippen molar-refractivity contribution in [2.45, 2.75) is 19.9 Å². The first-order chi connectivity index (χ1) is 16.0. The number of benzene rings is 2. The smallest absolute Gasteiger partial charge is 0.262 e. The molecule has 0 saturated carbocycles. The lowest BCUT2D eigenvalue weighted by molar-refractivity contribution is 0.561. The van der Waals surface area contributed by atoms with E-state index in [1.54, 1.807) is 35.1 Å². The molecule has 0 aliphatic heterocycles. The SMILES string of the molecule is Cc1nc(-c2cccc(F)c2)n(CCc2ccccc2)c(=O)c1-c1cc(C(=N)OC=N)cs1. The van der Waals surface area contributed by atoms with E-state index in [4.69, 9.17) is 20.5 Å². The average Bonchev–Trinajstić information content (AvgIpc) is 3.29. The summed E-state index contributed by atoms with van der Waals surface area (Å²) in [5.41, 5.74) is 2.80. The van der Waals surface area contributed by atoms with Crippen molar-refractivity contribution in [2.75, 3.05) is 0 Å². The lowest BCUT2D eigenvalue weighted by Crippen LogP contribution is -2.27. The Labute approximate surface area is 194 Å². The Hall–Kier alpha value is -3.91. The van der Waals surface area contributed by atoms with Gasteiger partial charge in [0.25, 0.3) is 5.56 Å². The molecular formula is C25H21FN4O2S. The van der Waals surface area contributed by atoms with E-state index in [-0.39, 0.29) is 11.5 Å². The molecular weight excluding hydrogens is 439 g/mol. The van der Waals surface area contributed by atoms with Gasteiger partial charge in [0.1, 0.15) is 11.6 Å². The van der Waals surface area contributed by atoms with Gasteiger partial charge in [-0.05, 0) is 37.1 Å². The van der Waals surface area contributed by atoms with E-state index in [0.717, 1.165) is 5.56 Å². The molecule has 0 spiro atoms. The normalized spacial score (nSPS) is 10.7. The van der Waals surface area contributed by atoms with Crippen molar-refractivity contribution in [1.82, 2.24) is 9.55 Å². The summed E-state index contributed by atoms with van der Waals surface area (Å²) in [6, 6.07) is 17.6. The number of aromatic nitrogens is 2. The van der Waals surface area contributed by atoms with E-state index in [1.807, 2.05) is 30.3 Å². The summed E-state index contributed by atoms with van der Waals surface area (Å²) in [6.07, 6.45) is 1.30. The van der Waals surface area contributed by atoms with Crippen LogP contribution < -0.4 is 5.56 Å². The third-order valence-electron chi connectivity index (χ3n) is 5.18. The predicted octanol–water partition coefficient (Wildman–Crippen LogP) is 5.28. The van der Waals surface area contributed by atoms with Crippen LogP contribution in [0.4, 0.5) is 4.39 Å². The number of thiophene rings is 1. The van der Waals surface area contributed by atoms with Gasteiger partial charge in [0.05, 0.1) is 11.3 Å². The minimum Gasteiger partial charge on any atom is -0.428 e. The number of rotatable bonds is 7. The topological polar surface area (TPSA) is 91.8 Å². The molecule has 0 radical (unpaired) electrons. The van der Waals surface area contributed by atoms with Crippen molar-refractivity contribution < 1.29 is 9.13 Å². The van der Waals surface area contributed by atoms with Crippen LogP contribution in [-0.2, 0) is 17.7 Å². The number of nitrogens with zero attached hydrogens (tertiary/aromatic N) is 2. The average molecular weight is 461 g/mol. The second kappa shape index (κ2) is 9.70. The highest BCUT2D eigenvalue weighted by Gasteiger charge is 2.19. The van der Waals surface area contributed by atoms with Crippen LogP contribution in [0.1, 0.15) is 16.8 Å². The Balaban J connectivity index is 1.83. The molecule has 2 heterocycles. The lowest BCUT2D eigenvalue weighted by Gasteiger charge is -2.16. The first kappa shape index (κ1) is 22.3. The van der Waals surface area contributed by atoms with Crippen LogP contribution in [0.3, 0.4) is 0 Å². The zero-order valence-corrected chi connectivity index (χ0v) is 18.7. The highest BCUT2D eigenvalue weighted by Crippen LogP contribution is 2.29. The van der Waals surface area contributed by atoms with Crippen molar-refractivity contribution in [3.8, 4) is 21.8 Å². The molecule has 2 aromatic carbocycles. The molecule has 8 heteroatoms. The minimum atomic E-state index is -0.398. The molecule has 0 atom stereocenters. The number of hydrogen-bond donors (Lipinski definition) is 2. The Morgan fingerprint density at radius 3 is 2.70 bits per heavy atom. The Morgan fingerprint density at radius 2 is 1.97 bits per heavy atom. The number of hydrogen-bond acceptors (Lipinski definition) is 6. The lowest BCUT2D eigenvalue weighted by atomic mass is 10.1. The molecule has 0 bridgehead atoms. The quantitative estimate of drug-likeness (QED) is 0.290. The van der Waals surface area contributed by atoms with Gasteiger partial charge in [0.2, 0.25) is 5.90 Å². The van der Waals surface area contributed by atoms with Gasteiger partial charge in [0, 0.05) is 27.9 Å². The Bertz CT molecular complexity index is 1380. The third-order valence-corrected chi connectivity index (χ3v) is 6.13. The van der Waals surface area contributed by atoms with Gasteiger partial charge in [-0.25, -0.2) is 9.37 Å². The summed E-state index contributed by atoms with van der Waals surface area (Å²) < 4.78 is 20.4. The molecule has 0 saturated heterocycles. The highest BCUT2D eigenvalue weighted by molar-refractivity contribution is 7.13. The van der Waals surface area contributed by atoms with Gasteiger partial charge in [-0.1, -0.05) is 42.5 Å². The molecule has 0 fully saturated rings. The van der Waals surface area contributed by atoms with Gasteiger partial charge in [-0.2, -0.15) is 0 Å². The molecule has 0 aliphatic rings. The molecule has 4 rings (SSSR count). The molecule has 0 aliphatic carbocycles. The maximum atomic E-state index is 14.0. The van der Waals surface area contributed by atoms with Crippen molar-refractivity contribution >= 4 is 23.6 Å². The second-order valence-corrected chi connectivity index (χ2v) is 8.27. The van der Waals surface area contributed by atoms with E-state index in [9.17, 15) is 9.18 Å². The fourth-order valence-corrected chi connectivity index (χ4v) is 4.58. The Morgan fingerprint density at radius 1 is 1.18 bits per heavy atom. The van der Waals surface area contributed by atoms with E-state index < -0.39 is 5.82 Å². The van der Waals surface area contributed by atoms with Crippen LogP contribution in [-0.4, -0.2) is 21.8 Å². The van der Waals surface area contributed by atoms with Crippen molar-refractivity contribution in [3.63, 3.8) is 0 Å². The highest BCUT2D eigenvalue weighted by atomic mass is 32.1. The number of nitrogens with one attached hydrogen (secondary N) is 2. The second-order valence-electron chi connectivity index (χ2n) is 7.36. The molecule has 0 amide bonds. The van der Waals surface area contributed by atoms with Crippen molar-refractivity contribution in [3.05, 3.63) is 99.0 Å². The maximum absolute atomic E-state index is 14.0. The van der Waals surface area contributed by atoms with Crippen LogP contribution in [0.15, 0.2) is 70.8 Å². The van der Waals surface area contributed by atoms with Gasteiger partial charge in [0.15, 0.2) is 6.40 Å². The van der Waals surface area contributed by atoms with Crippen LogP contribution >= 0.6 is 11.3 Å². The van der Waals surface area contributed by atoms with Crippen LogP contribution in [0.25, 0.3) is 21.8 Å². The standard InChI is InChI=1S/C25H21FN4O2S/c1-16-22(21-13-19(14-33-21)23(28)32-15-27)25(31)30(11-10-17-6-3-2-4-7-17)24(29-16)18-8-5-9-20(26)12-18/h2-9,12-15,27-28H,10-11H2,1H3. The van der Waals surface area contributed by atoms with E-state index in [0.29, 0.717) is 52.5 Å². The van der Waals surface area contributed by atoms with Gasteiger partial charge in [-0.15, -0.1) is 11.3 Å². The van der Waals surface area contributed by atoms with E-state index >= 15 is 0 Å². The zero-order chi connectivity index (χ0) is 23.4. The van der Waals surface area contributed by atoms with Crippen LogP contribution in [0, 0.1) is 23.6 Å². The molecule has 166 valence electrons. The van der Waals surface area contributed by atoms with Gasteiger partial charge in [-0.3, -0.25) is 20.2 Å². The summed E-state index contributed by atoms with van der Waals surface area (Å²) in [5.74, 6) is -0.155. The zero-order valence-electron chi connectivity index (χ0n) is 17.8. The maximum Gasteiger partial charge on any atom is 0.262 e. The molecule has 4 aromatic rings. The molecule has 2 aromatic heterocycles. The van der Waals surface area contributed by atoms with Crippen molar-refractivity contribution in [2.24, 2.45) is 0 Å². The monoisotopic (exact) mass is 460 g/mol. The first-order valence-corrected chi connectivity index (χ1v) is 11.1. The van der Waals surface area contributed by atoms with E-state index in [1.165, 1.54) is 23.5 Å². The van der Waals surface area contributed by atoms with Gasteiger partial charge < -0.3 is 4.74 Å². The van der Waals surface area contributed by atoms with Crippen LogP contribution in [0.5, 0.6) is 0 Å². The van der Waals surface area contributed by atoms with Crippen LogP contribution in [0.2, 0.25) is 0 Å².